The Morgan fingerprint density at radius 2 is 1.40 bits per heavy atom. The van der Waals surface area contributed by atoms with Crippen LogP contribution in [-0.4, -0.2) is 65.1 Å². The lowest BCUT2D eigenvalue weighted by Crippen LogP contribution is -2.52. The van der Waals surface area contributed by atoms with Crippen molar-refractivity contribution in [3.63, 3.8) is 0 Å². The molecule has 13 heteroatoms. The molecule has 10 nitrogen and oxygen atoms in total. The lowest BCUT2D eigenvalue weighted by molar-refractivity contribution is -0.139. The van der Waals surface area contributed by atoms with Gasteiger partial charge in [0.15, 0.2) is 11.5 Å². The van der Waals surface area contributed by atoms with Gasteiger partial charge in [0.2, 0.25) is 11.8 Å². The van der Waals surface area contributed by atoms with E-state index >= 15 is 0 Å². The molecule has 3 aromatic rings. The molecule has 0 aromatic heterocycles. The summed E-state index contributed by atoms with van der Waals surface area (Å²) >= 11 is 12.3. The van der Waals surface area contributed by atoms with E-state index in [1.807, 2.05) is 0 Å². The number of nitrogens with zero attached hydrogens (tertiary/aromatic N) is 2. The van der Waals surface area contributed by atoms with Crippen molar-refractivity contribution in [1.29, 1.82) is 0 Å². The quantitative estimate of drug-likeness (QED) is 0.272. The molecule has 2 amide bonds. The van der Waals surface area contributed by atoms with Crippen LogP contribution in [0.5, 0.6) is 17.2 Å². The molecule has 0 heterocycles. The molecule has 0 saturated carbocycles. The van der Waals surface area contributed by atoms with E-state index in [4.69, 9.17) is 37.4 Å². The third-order valence-corrected chi connectivity index (χ3v) is 8.74. The number of carbonyl (C=O) groups is 2. The number of amides is 2. The SMILES string of the molecule is COc1ccc(S(=O)(=O)N(CC(=O)N(Cc2ccc(Cl)cc2)C(C)C(=O)NC(C)C)c2cc(Cl)ccc2OC)cc1OC. The van der Waals surface area contributed by atoms with E-state index in [-0.39, 0.29) is 39.7 Å². The highest BCUT2D eigenvalue weighted by Crippen LogP contribution is 2.37. The van der Waals surface area contributed by atoms with Gasteiger partial charge < -0.3 is 24.4 Å². The van der Waals surface area contributed by atoms with Crippen molar-refractivity contribution >= 4 is 50.7 Å². The fraction of sp³-hybridized carbons (Fsp3) is 0.333. The first kappa shape index (κ1) is 33.8. The van der Waals surface area contributed by atoms with Crippen LogP contribution in [0.25, 0.3) is 0 Å². The van der Waals surface area contributed by atoms with Crippen LogP contribution in [0.1, 0.15) is 26.3 Å². The Bertz CT molecular complexity index is 1550. The van der Waals surface area contributed by atoms with Gasteiger partial charge in [-0.05, 0) is 68.8 Å². The van der Waals surface area contributed by atoms with Crippen molar-refractivity contribution in [2.45, 2.75) is 44.3 Å². The van der Waals surface area contributed by atoms with Gasteiger partial charge in [-0.2, -0.15) is 0 Å². The average Bonchev–Trinajstić information content (AvgIpc) is 2.98. The highest BCUT2D eigenvalue weighted by molar-refractivity contribution is 7.92. The van der Waals surface area contributed by atoms with Crippen molar-refractivity contribution in [1.82, 2.24) is 10.2 Å². The second kappa shape index (κ2) is 14.7. The molecule has 0 aliphatic carbocycles. The topological polar surface area (TPSA) is 114 Å². The van der Waals surface area contributed by atoms with Gasteiger partial charge in [-0.15, -0.1) is 0 Å². The second-order valence-corrected chi connectivity index (χ2v) is 12.6. The van der Waals surface area contributed by atoms with Gasteiger partial charge in [-0.3, -0.25) is 13.9 Å². The fourth-order valence-electron chi connectivity index (χ4n) is 4.25. The first-order valence-corrected chi connectivity index (χ1v) is 15.4. The number of hydrogen-bond donors (Lipinski definition) is 1. The summed E-state index contributed by atoms with van der Waals surface area (Å²) < 4.78 is 45.4. The maximum atomic E-state index is 14.2. The summed E-state index contributed by atoms with van der Waals surface area (Å²) in [4.78, 5) is 28.3. The molecule has 0 bridgehead atoms. The van der Waals surface area contributed by atoms with E-state index in [1.54, 1.807) is 45.0 Å². The molecule has 0 spiro atoms. The largest absolute Gasteiger partial charge is 0.495 e. The third kappa shape index (κ3) is 8.25. The van der Waals surface area contributed by atoms with E-state index in [2.05, 4.69) is 5.32 Å². The van der Waals surface area contributed by atoms with Crippen molar-refractivity contribution in [3.05, 3.63) is 76.3 Å². The summed E-state index contributed by atoms with van der Waals surface area (Å²) in [6.07, 6.45) is 0. The van der Waals surface area contributed by atoms with Gasteiger partial charge in [-0.1, -0.05) is 35.3 Å². The molecule has 232 valence electrons. The van der Waals surface area contributed by atoms with Crippen molar-refractivity contribution in [2.75, 3.05) is 32.2 Å². The molecule has 0 saturated heterocycles. The number of anilines is 1. The number of hydrogen-bond acceptors (Lipinski definition) is 7. The fourth-order valence-corrected chi connectivity index (χ4v) is 5.97. The van der Waals surface area contributed by atoms with Gasteiger partial charge in [0, 0.05) is 28.7 Å². The number of sulfonamides is 1. The first-order chi connectivity index (χ1) is 20.3. The molecular formula is C30H35Cl2N3O7S. The Morgan fingerprint density at radius 1 is 0.814 bits per heavy atom. The molecule has 1 unspecified atom stereocenters. The number of rotatable bonds is 13. The summed E-state index contributed by atoms with van der Waals surface area (Å²) in [5.41, 5.74) is 0.723. The maximum absolute atomic E-state index is 14.2. The zero-order valence-electron chi connectivity index (χ0n) is 24.8. The van der Waals surface area contributed by atoms with Crippen LogP contribution in [0, 0.1) is 0 Å². The van der Waals surface area contributed by atoms with Crippen LogP contribution in [0.4, 0.5) is 5.69 Å². The van der Waals surface area contributed by atoms with Crippen LogP contribution in [-0.2, 0) is 26.2 Å². The minimum absolute atomic E-state index is 0.0135. The van der Waals surface area contributed by atoms with Gasteiger partial charge in [0.05, 0.1) is 31.9 Å². The van der Waals surface area contributed by atoms with Crippen LogP contribution in [0.15, 0.2) is 65.6 Å². The zero-order valence-corrected chi connectivity index (χ0v) is 27.1. The molecule has 0 radical (unpaired) electrons. The first-order valence-electron chi connectivity index (χ1n) is 13.2. The van der Waals surface area contributed by atoms with E-state index in [1.165, 1.54) is 62.6 Å². The van der Waals surface area contributed by atoms with E-state index in [0.29, 0.717) is 16.3 Å². The number of carbonyl (C=O) groups excluding carboxylic acids is 2. The molecular weight excluding hydrogens is 617 g/mol. The Balaban J connectivity index is 2.14. The van der Waals surface area contributed by atoms with E-state index in [9.17, 15) is 18.0 Å². The lowest BCUT2D eigenvalue weighted by atomic mass is 10.1. The van der Waals surface area contributed by atoms with E-state index in [0.717, 1.165) is 4.31 Å². The van der Waals surface area contributed by atoms with Crippen LogP contribution >= 0.6 is 23.2 Å². The molecule has 1 atom stereocenters. The number of benzene rings is 3. The smallest absolute Gasteiger partial charge is 0.265 e. The summed E-state index contributed by atoms with van der Waals surface area (Å²) in [5.74, 6) is -0.379. The normalized spacial score (nSPS) is 11.9. The van der Waals surface area contributed by atoms with Crippen molar-refractivity contribution < 1.29 is 32.2 Å². The molecule has 1 N–H and O–H groups in total. The summed E-state index contributed by atoms with van der Waals surface area (Å²) in [5, 5.41) is 3.54. The molecule has 43 heavy (non-hydrogen) atoms. The number of methoxy groups -OCH3 is 3. The van der Waals surface area contributed by atoms with Gasteiger partial charge in [-0.25, -0.2) is 8.42 Å². The molecule has 0 aliphatic heterocycles. The Hall–Kier alpha value is -3.67. The van der Waals surface area contributed by atoms with Crippen molar-refractivity contribution in [2.24, 2.45) is 0 Å². The molecule has 0 aliphatic rings. The maximum Gasteiger partial charge on any atom is 0.265 e. The standard InChI is InChI=1S/C30H35Cl2N3O7S/c1-19(2)33-30(37)20(3)34(17-21-7-9-22(31)10-8-21)29(36)18-35(25-15-23(32)11-13-26(25)40-4)43(38,39)24-12-14-27(41-5)28(16-24)42-6/h7-16,19-20H,17-18H2,1-6H3,(H,33,37). The number of ether oxygens (including phenoxy) is 3. The van der Waals surface area contributed by atoms with Crippen molar-refractivity contribution in [3.8, 4) is 17.2 Å². The minimum atomic E-state index is -4.44. The minimum Gasteiger partial charge on any atom is -0.495 e. The Labute approximate surface area is 262 Å². The molecule has 3 rings (SSSR count). The highest BCUT2D eigenvalue weighted by atomic mass is 35.5. The van der Waals surface area contributed by atoms with Gasteiger partial charge in [0.1, 0.15) is 18.3 Å². The van der Waals surface area contributed by atoms with E-state index < -0.39 is 34.4 Å². The predicted molar refractivity (Wildman–Crippen MR) is 167 cm³/mol. The molecule has 3 aromatic carbocycles. The number of halogens is 2. The monoisotopic (exact) mass is 651 g/mol. The highest BCUT2D eigenvalue weighted by Gasteiger charge is 2.34. The second-order valence-electron chi connectivity index (χ2n) is 9.83. The predicted octanol–water partition coefficient (Wildman–Crippen LogP) is 5.16. The summed E-state index contributed by atoms with van der Waals surface area (Å²) in [6, 6.07) is 14.2. The lowest BCUT2D eigenvalue weighted by Gasteiger charge is -2.32. The Kier molecular flexibility index (Phi) is 11.5. The van der Waals surface area contributed by atoms with Crippen LogP contribution in [0.2, 0.25) is 10.0 Å². The zero-order chi connectivity index (χ0) is 31.9. The van der Waals surface area contributed by atoms with Gasteiger partial charge in [0.25, 0.3) is 10.0 Å². The molecule has 0 fully saturated rings. The number of nitrogens with one attached hydrogen (secondary N) is 1. The third-order valence-electron chi connectivity index (χ3n) is 6.50. The summed E-state index contributed by atoms with van der Waals surface area (Å²) in [6.45, 7) is 4.52. The van der Waals surface area contributed by atoms with Crippen LogP contribution in [0.3, 0.4) is 0 Å². The van der Waals surface area contributed by atoms with Gasteiger partial charge >= 0.3 is 0 Å². The van der Waals surface area contributed by atoms with Crippen LogP contribution < -0.4 is 23.8 Å². The summed E-state index contributed by atoms with van der Waals surface area (Å²) in [7, 11) is -0.251. The average molecular weight is 653 g/mol. The Morgan fingerprint density at radius 3 is 1.98 bits per heavy atom.